The van der Waals surface area contributed by atoms with Crippen LogP contribution in [-0.4, -0.2) is 33.2 Å². The first-order valence-corrected chi connectivity index (χ1v) is 5.58. The molecule has 0 heterocycles. The summed E-state index contributed by atoms with van der Waals surface area (Å²) in [4.78, 5) is 11.7. The highest BCUT2D eigenvalue weighted by Gasteiger charge is 2.12. The Morgan fingerprint density at radius 1 is 1.41 bits per heavy atom. The summed E-state index contributed by atoms with van der Waals surface area (Å²) in [5, 5.41) is 0. The van der Waals surface area contributed by atoms with Gasteiger partial charge < -0.3 is 15.2 Å². The minimum absolute atomic E-state index is 0.0571. The van der Waals surface area contributed by atoms with Crippen LogP contribution in [0.5, 0.6) is 0 Å². The number of rotatable bonds is 7. The number of ether oxygens (including phenoxy) is 2. The van der Waals surface area contributed by atoms with Crippen LogP contribution in [0.2, 0.25) is 0 Å². The molecule has 1 aromatic rings. The zero-order valence-electron chi connectivity index (χ0n) is 10.3. The topological polar surface area (TPSA) is 61.5 Å². The van der Waals surface area contributed by atoms with E-state index in [9.17, 15) is 4.79 Å². The van der Waals surface area contributed by atoms with Crippen molar-refractivity contribution in [3.8, 4) is 0 Å². The first-order chi connectivity index (χ1) is 8.22. The number of hydrogen-bond acceptors (Lipinski definition) is 4. The van der Waals surface area contributed by atoms with E-state index in [4.69, 9.17) is 15.2 Å². The van der Waals surface area contributed by atoms with Crippen LogP contribution < -0.4 is 5.73 Å². The Hall–Kier alpha value is -1.23. The number of carbonyl (C=O) groups is 1. The van der Waals surface area contributed by atoms with E-state index in [1.54, 1.807) is 20.3 Å². The predicted octanol–water partition coefficient (Wildman–Crippen LogP) is 1.55. The fourth-order valence-corrected chi connectivity index (χ4v) is 1.64. The van der Waals surface area contributed by atoms with Crippen LogP contribution >= 0.6 is 0 Å². The zero-order valence-corrected chi connectivity index (χ0v) is 10.3. The molecule has 1 rings (SSSR count). The number of nitrogens with two attached hydrogens (primary N) is 1. The molecule has 0 saturated heterocycles. The van der Waals surface area contributed by atoms with Crippen LogP contribution in [0.15, 0.2) is 24.3 Å². The van der Waals surface area contributed by atoms with E-state index < -0.39 is 0 Å². The van der Waals surface area contributed by atoms with Gasteiger partial charge >= 0.3 is 0 Å². The van der Waals surface area contributed by atoms with Gasteiger partial charge in [0.05, 0.1) is 6.61 Å². The molecule has 0 aromatic heterocycles. The maximum Gasteiger partial charge on any atom is 0.164 e. The smallest absolute Gasteiger partial charge is 0.164 e. The molecular weight excluding hydrogens is 218 g/mol. The lowest BCUT2D eigenvalue weighted by Gasteiger charge is -2.15. The third-order valence-electron chi connectivity index (χ3n) is 2.55. The van der Waals surface area contributed by atoms with E-state index >= 15 is 0 Å². The molecule has 0 spiro atoms. The average molecular weight is 237 g/mol. The number of ketones is 1. The highest BCUT2D eigenvalue weighted by atomic mass is 16.5. The predicted molar refractivity (Wildman–Crippen MR) is 66.1 cm³/mol. The molecule has 4 heteroatoms. The highest BCUT2D eigenvalue weighted by molar-refractivity contribution is 5.96. The van der Waals surface area contributed by atoms with Crippen molar-refractivity contribution in [1.29, 1.82) is 0 Å². The molecule has 17 heavy (non-hydrogen) atoms. The molecule has 0 aliphatic rings. The van der Waals surface area contributed by atoms with Crippen molar-refractivity contribution in [2.75, 3.05) is 27.4 Å². The molecule has 1 aromatic carbocycles. The standard InChI is InChI=1S/C13H19NO3/c1-16-9-13(17-2)11-5-3-4-10(8-11)12(15)6-7-14/h3-5,8,13H,6-7,9,14H2,1-2H3. The van der Waals surface area contributed by atoms with Gasteiger partial charge in [0.2, 0.25) is 0 Å². The van der Waals surface area contributed by atoms with Crippen molar-refractivity contribution < 1.29 is 14.3 Å². The van der Waals surface area contributed by atoms with Gasteiger partial charge in [-0.15, -0.1) is 0 Å². The molecule has 2 N–H and O–H groups in total. The van der Waals surface area contributed by atoms with Crippen LogP contribution in [0.4, 0.5) is 0 Å². The van der Waals surface area contributed by atoms with Crippen molar-refractivity contribution >= 4 is 5.78 Å². The molecule has 1 atom stereocenters. The zero-order chi connectivity index (χ0) is 12.7. The van der Waals surface area contributed by atoms with Gasteiger partial charge in [0.15, 0.2) is 5.78 Å². The van der Waals surface area contributed by atoms with E-state index in [0.717, 1.165) is 5.56 Å². The molecule has 0 saturated carbocycles. The number of benzene rings is 1. The first-order valence-electron chi connectivity index (χ1n) is 5.58. The van der Waals surface area contributed by atoms with E-state index in [2.05, 4.69) is 0 Å². The number of methoxy groups -OCH3 is 2. The SMILES string of the molecule is COCC(OC)c1cccc(C(=O)CCN)c1. The molecule has 0 aliphatic carbocycles. The lowest BCUT2D eigenvalue weighted by atomic mass is 10.0. The maximum absolute atomic E-state index is 11.7. The fourth-order valence-electron chi connectivity index (χ4n) is 1.64. The van der Waals surface area contributed by atoms with Gasteiger partial charge in [0.1, 0.15) is 6.10 Å². The normalized spacial score (nSPS) is 12.4. The van der Waals surface area contributed by atoms with Gasteiger partial charge in [-0.1, -0.05) is 18.2 Å². The Balaban J connectivity index is 2.87. The molecule has 4 nitrogen and oxygen atoms in total. The van der Waals surface area contributed by atoms with Crippen molar-refractivity contribution in [2.24, 2.45) is 5.73 Å². The number of hydrogen-bond donors (Lipinski definition) is 1. The molecular formula is C13H19NO3. The van der Waals surface area contributed by atoms with Gasteiger partial charge in [-0.25, -0.2) is 0 Å². The minimum Gasteiger partial charge on any atom is -0.382 e. The Morgan fingerprint density at radius 3 is 2.76 bits per heavy atom. The van der Waals surface area contributed by atoms with Gasteiger partial charge in [-0.3, -0.25) is 4.79 Å². The van der Waals surface area contributed by atoms with E-state index in [1.165, 1.54) is 0 Å². The third kappa shape index (κ3) is 3.93. The van der Waals surface area contributed by atoms with Gasteiger partial charge in [0, 0.05) is 26.2 Å². The van der Waals surface area contributed by atoms with Crippen molar-refractivity contribution in [3.05, 3.63) is 35.4 Å². The summed E-state index contributed by atoms with van der Waals surface area (Å²) in [6, 6.07) is 7.40. The summed E-state index contributed by atoms with van der Waals surface area (Å²) in [7, 11) is 3.24. The van der Waals surface area contributed by atoms with E-state index in [0.29, 0.717) is 25.1 Å². The molecule has 0 aliphatic heterocycles. The summed E-state index contributed by atoms with van der Waals surface area (Å²) in [6.45, 7) is 0.833. The summed E-state index contributed by atoms with van der Waals surface area (Å²) >= 11 is 0. The van der Waals surface area contributed by atoms with Crippen LogP contribution in [0.1, 0.15) is 28.4 Å². The quantitative estimate of drug-likeness (QED) is 0.731. The molecule has 0 bridgehead atoms. The first kappa shape index (κ1) is 13.8. The molecule has 0 radical (unpaired) electrons. The lowest BCUT2D eigenvalue weighted by molar-refractivity contribution is 0.0274. The molecule has 94 valence electrons. The lowest BCUT2D eigenvalue weighted by Crippen LogP contribution is -2.11. The van der Waals surface area contributed by atoms with Crippen LogP contribution in [-0.2, 0) is 9.47 Å². The summed E-state index contributed by atoms with van der Waals surface area (Å²) in [5.74, 6) is 0.0571. The Morgan fingerprint density at radius 2 is 2.18 bits per heavy atom. The second kappa shape index (κ2) is 7.17. The Labute approximate surface area is 102 Å². The average Bonchev–Trinajstić information content (AvgIpc) is 2.36. The Bertz CT molecular complexity index is 365. The molecule has 0 amide bonds. The minimum atomic E-state index is -0.148. The second-order valence-electron chi connectivity index (χ2n) is 3.77. The van der Waals surface area contributed by atoms with E-state index in [1.807, 2.05) is 18.2 Å². The summed E-state index contributed by atoms with van der Waals surface area (Å²) in [6.07, 6.45) is 0.219. The number of Topliss-reactive ketones (excluding diaryl/α,β-unsaturated/α-hetero) is 1. The molecule has 1 unspecified atom stereocenters. The van der Waals surface area contributed by atoms with Crippen molar-refractivity contribution in [3.63, 3.8) is 0 Å². The van der Waals surface area contributed by atoms with Gasteiger partial charge in [-0.05, 0) is 18.2 Å². The van der Waals surface area contributed by atoms with Crippen LogP contribution in [0.3, 0.4) is 0 Å². The van der Waals surface area contributed by atoms with Crippen molar-refractivity contribution in [1.82, 2.24) is 0 Å². The largest absolute Gasteiger partial charge is 0.382 e. The van der Waals surface area contributed by atoms with E-state index in [-0.39, 0.29) is 11.9 Å². The van der Waals surface area contributed by atoms with Gasteiger partial charge in [-0.2, -0.15) is 0 Å². The number of carbonyl (C=O) groups excluding carboxylic acids is 1. The van der Waals surface area contributed by atoms with Crippen molar-refractivity contribution in [2.45, 2.75) is 12.5 Å². The summed E-state index contributed by atoms with van der Waals surface area (Å²) < 4.78 is 10.4. The van der Waals surface area contributed by atoms with Crippen LogP contribution in [0, 0.1) is 0 Å². The fraction of sp³-hybridized carbons (Fsp3) is 0.462. The highest BCUT2D eigenvalue weighted by Crippen LogP contribution is 2.18. The summed E-state index contributed by atoms with van der Waals surface area (Å²) in [5.41, 5.74) is 6.99. The maximum atomic E-state index is 11.7. The van der Waals surface area contributed by atoms with Crippen LogP contribution in [0.25, 0.3) is 0 Å². The third-order valence-corrected chi connectivity index (χ3v) is 2.55. The Kier molecular flexibility index (Phi) is 5.83. The molecule has 0 fully saturated rings. The monoisotopic (exact) mass is 237 g/mol. The second-order valence-corrected chi connectivity index (χ2v) is 3.77. The van der Waals surface area contributed by atoms with Gasteiger partial charge in [0.25, 0.3) is 0 Å².